The number of methoxy groups -OCH3 is 3. The molecule has 0 radical (unpaired) electrons. The molecule has 1 amide bonds. The summed E-state index contributed by atoms with van der Waals surface area (Å²) >= 11 is 0. The number of nitrogens with zero attached hydrogens (tertiary/aromatic N) is 1. The first kappa shape index (κ1) is 27.8. The average Bonchev–Trinajstić information content (AvgIpc) is 2.90. The second kappa shape index (κ2) is 12.0. The van der Waals surface area contributed by atoms with Crippen LogP contribution in [0.3, 0.4) is 0 Å². The van der Waals surface area contributed by atoms with Crippen molar-refractivity contribution in [2.24, 2.45) is 0 Å². The van der Waals surface area contributed by atoms with Gasteiger partial charge >= 0.3 is 10.1 Å². The molecule has 3 rings (SSSR count). The van der Waals surface area contributed by atoms with Crippen molar-refractivity contribution in [1.29, 1.82) is 0 Å². The van der Waals surface area contributed by atoms with E-state index in [-0.39, 0.29) is 29.1 Å². The van der Waals surface area contributed by atoms with Crippen molar-refractivity contribution in [2.75, 3.05) is 21.3 Å². The number of hydrogen-bond donors (Lipinski definition) is 0. The lowest BCUT2D eigenvalue weighted by Crippen LogP contribution is -2.37. The molecular formula is C27H30FNO7S. The highest BCUT2D eigenvalue weighted by molar-refractivity contribution is 7.87. The Bertz CT molecular complexity index is 1300. The number of rotatable bonds is 11. The molecule has 0 aromatic heterocycles. The molecule has 0 fully saturated rings. The van der Waals surface area contributed by atoms with Crippen LogP contribution in [-0.4, -0.2) is 46.6 Å². The molecule has 0 bridgehead atoms. The molecule has 0 saturated carbocycles. The van der Waals surface area contributed by atoms with Crippen molar-refractivity contribution in [3.63, 3.8) is 0 Å². The summed E-state index contributed by atoms with van der Waals surface area (Å²) in [6.07, 6.45) is 0.716. The molecule has 0 heterocycles. The smallest absolute Gasteiger partial charge is 0.339 e. The van der Waals surface area contributed by atoms with Gasteiger partial charge in [0.1, 0.15) is 16.5 Å². The van der Waals surface area contributed by atoms with E-state index >= 15 is 0 Å². The van der Waals surface area contributed by atoms with Gasteiger partial charge in [0.2, 0.25) is 5.75 Å². The molecule has 0 aliphatic rings. The Hall–Kier alpha value is -3.79. The van der Waals surface area contributed by atoms with E-state index in [0.717, 1.165) is 29.8 Å². The van der Waals surface area contributed by atoms with Gasteiger partial charge < -0.3 is 23.3 Å². The second-order valence-corrected chi connectivity index (χ2v) is 9.79. The molecule has 10 heteroatoms. The van der Waals surface area contributed by atoms with Crippen LogP contribution in [0.15, 0.2) is 65.6 Å². The monoisotopic (exact) mass is 531 g/mol. The third kappa shape index (κ3) is 6.51. The lowest BCUT2D eigenvalue weighted by molar-refractivity contribution is 0.0670. The van der Waals surface area contributed by atoms with Crippen LogP contribution >= 0.6 is 0 Å². The third-order valence-corrected chi connectivity index (χ3v) is 7.14. The number of ether oxygens (including phenoxy) is 3. The van der Waals surface area contributed by atoms with Crippen molar-refractivity contribution in [1.82, 2.24) is 4.90 Å². The molecule has 3 aromatic rings. The summed E-state index contributed by atoms with van der Waals surface area (Å²) in [7, 11) is 0.343. The Morgan fingerprint density at radius 3 is 1.97 bits per heavy atom. The van der Waals surface area contributed by atoms with E-state index in [2.05, 4.69) is 0 Å². The van der Waals surface area contributed by atoms with Crippen molar-refractivity contribution in [3.8, 4) is 23.0 Å². The zero-order chi connectivity index (χ0) is 27.2. The molecule has 3 aromatic carbocycles. The summed E-state index contributed by atoms with van der Waals surface area (Å²) in [4.78, 5) is 15.1. The van der Waals surface area contributed by atoms with Gasteiger partial charge in [-0.2, -0.15) is 8.42 Å². The first-order valence-corrected chi connectivity index (χ1v) is 12.9. The quantitative estimate of drug-likeness (QED) is 0.320. The van der Waals surface area contributed by atoms with E-state index in [0.29, 0.717) is 29.2 Å². The van der Waals surface area contributed by atoms with Gasteiger partial charge in [-0.1, -0.05) is 19.1 Å². The molecule has 37 heavy (non-hydrogen) atoms. The SMILES string of the molecule is CC[C@H](C)N(Cc1ccc(OS(=O)(=O)c2ccc(F)cc2)cc1)C(=O)c1cc(OC)c(OC)c(OC)c1. The highest BCUT2D eigenvalue weighted by atomic mass is 32.2. The van der Waals surface area contributed by atoms with E-state index in [4.69, 9.17) is 18.4 Å². The predicted octanol–water partition coefficient (Wildman–Crippen LogP) is 5.06. The third-order valence-electron chi connectivity index (χ3n) is 5.88. The first-order chi connectivity index (χ1) is 17.6. The Kier molecular flexibility index (Phi) is 8.99. The lowest BCUT2D eigenvalue weighted by atomic mass is 10.1. The van der Waals surface area contributed by atoms with Crippen LogP contribution in [0.2, 0.25) is 0 Å². The van der Waals surface area contributed by atoms with E-state index in [1.54, 1.807) is 29.2 Å². The first-order valence-electron chi connectivity index (χ1n) is 11.5. The number of amides is 1. The zero-order valence-electron chi connectivity index (χ0n) is 21.4. The van der Waals surface area contributed by atoms with E-state index < -0.39 is 15.9 Å². The van der Waals surface area contributed by atoms with Crippen LogP contribution in [0, 0.1) is 5.82 Å². The van der Waals surface area contributed by atoms with Crippen LogP contribution in [-0.2, 0) is 16.7 Å². The van der Waals surface area contributed by atoms with E-state index in [1.807, 2.05) is 13.8 Å². The van der Waals surface area contributed by atoms with Gasteiger partial charge in [0.25, 0.3) is 5.91 Å². The second-order valence-electron chi connectivity index (χ2n) is 8.24. The van der Waals surface area contributed by atoms with Gasteiger partial charge in [-0.15, -0.1) is 0 Å². The molecular weight excluding hydrogens is 501 g/mol. The maximum Gasteiger partial charge on any atom is 0.339 e. The number of benzene rings is 3. The minimum absolute atomic E-state index is 0.0960. The minimum Gasteiger partial charge on any atom is -0.493 e. The van der Waals surface area contributed by atoms with Gasteiger partial charge in [-0.05, 0) is 67.4 Å². The number of carbonyl (C=O) groups excluding carboxylic acids is 1. The number of halogens is 1. The number of hydrogen-bond acceptors (Lipinski definition) is 7. The van der Waals surface area contributed by atoms with Crippen LogP contribution in [0.1, 0.15) is 36.2 Å². The van der Waals surface area contributed by atoms with Crippen molar-refractivity contribution in [3.05, 3.63) is 77.6 Å². The average molecular weight is 532 g/mol. The van der Waals surface area contributed by atoms with Crippen molar-refractivity contribution >= 4 is 16.0 Å². The molecule has 0 saturated heterocycles. The number of carbonyl (C=O) groups is 1. The summed E-state index contributed by atoms with van der Waals surface area (Å²) in [5.74, 6) is 0.460. The van der Waals surface area contributed by atoms with Crippen LogP contribution in [0.5, 0.6) is 23.0 Å². The fourth-order valence-electron chi connectivity index (χ4n) is 3.64. The standard InChI is InChI=1S/C27H30FNO7S/c1-6-18(2)29(27(30)20-15-24(33-3)26(35-5)25(16-20)34-4)17-19-7-11-22(12-8-19)36-37(31,32)23-13-9-21(28)10-14-23/h7-16,18H,6,17H2,1-5H3/t18-/m0/s1. The summed E-state index contributed by atoms with van der Waals surface area (Å²) in [5, 5.41) is 0. The fraction of sp³-hybridized carbons (Fsp3) is 0.296. The maximum absolute atomic E-state index is 13.6. The fourth-order valence-corrected chi connectivity index (χ4v) is 4.57. The summed E-state index contributed by atoms with van der Waals surface area (Å²) in [5.41, 5.74) is 1.15. The lowest BCUT2D eigenvalue weighted by Gasteiger charge is -2.29. The highest BCUT2D eigenvalue weighted by Gasteiger charge is 2.24. The van der Waals surface area contributed by atoms with Crippen molar-refractivity contribution in [2.45, 2.75) is 37.8 Å². The van der Waals surface area contributed by atoms with E-state index in [1.165, 1.54) is 33.5 Å². The predicted molar refractivity (Wildman–Crippen MR) is 136 cm³/mol. The Balaban J connectivity index is 1.83. The Morgan fingerprint density at radius 1 is 0.919 bits per heavy atom. The molecule has 0 unspecified atom stereocenters. The summed E-state index contributed by atoms with van der Waals surface area (Å²) in [6, 6.07) is 13.9. The van der Waals surface area contributed by atoms with E-state index in [9.17, 15) is 17.6 Å². The Labute approximate surface area is 216 Å². The highest BCUT2D eigenvalue weighted by Crippen LogP contribution is 2.38. The van der Waals surface area contributed by atoms with Gasteiger partial charge in [0.15, 0.2) is 11.5 Å². The topological polar surface area (TPSA) is 91.4 Å². The summed E-state index contributed by atoms with van der Waals surface area (Å²) < 4.78 is 59.4. The van der Waals surface area contributed by atoms with Gasteiger partial charge in [0, 0.05) is 18.2 Å². The maximum atomic E-state index is 13.6. The van der Waals surface area contributed by atoms with Gasteiger partial charge in [-0.25, -0.2) is 4.39 Å². The molecule has 0 spiro atoms. The van der Waals surface area contributed by atoms with Crippen LogP contribution in [0.4, 0.5) is 4.39 Å². The zero-order valence-corrected chi connectivity index (χ0v) is 22.2. The van der Waals surface area contributed by atoms with Crippen LogP contribution < -0.4 is 18.4 Å². The largest absolute Gasteiger partial charge is 0.493 e. The molecule has 0 aliphatic heterocycles. The van der Waals surface area contributed by atoms with Gasteiger partial charge in [-0.3, -0.25) is 4.79 Å². The van der Waals surface area contributed by atoms with Crippen molar-refractivity contribution < 1.29 is 36.0 Å². The molecule has 8 nitrogen and oxygen atoms in total. The molecule has 0 N–H and O–H groups in total. The normalized spacial score (nSPS) is 11.9. The molecule has 0 aliphatic carbocycles. The van der Waals surface area contributed by atoms with Gasteiger partial charge in [0.05, 0.1) is 21.3 Å². The van der Waals surface area contributed by atoms with Crippen LogP contribution in [0.25, 0.3) is 0 Å². The molecule has 198 valence electrons. The molecule has 1 atom stereocenters. The summed E-state index contributed by atoms with van der Waals surface area (Å²) in [6.45, 7) is 4.20. The minimum atomic E-state index is -4.12. The Morgan fingerprint density at radius 2 is 1.49 bits per heavy atom.